The quantitative estimate of drug-likeness (QED) is 0.573. The molecule has 0 radical (unpaired) electrons. The molecule has 3 nitrogen and oxygen atoms in total. The first-order chi connectivity index (χ1) is 9.10. The summed E-state index contributed by atoms with van der Waals surface area (Å²) >= 11 is 11.8. The van der Waals surface area contributed by atoms with Crippen LogP contribution in [0.15, 0.2) is 18.2 Å². The molecule has 1 aromatic rings. The number of nitrogens with one attached hydrogen (secondary N) is 1. The summed E-state index contributed by atoms with van der Waals surface area (Å²) in [7, 11) is 0. The van der Waals surface area contributed by atoms with E-state index >= 15 is 0 Å². The van der Waals surface area contributed by atoms with Gasteiger partial charge in [0, 0.05) is 24.6 Å². The van der Waals surface area contributed by atoms with Crippen molar-refractivity contribution in [2.45, 2.75) is 19.8 Å². The third-order valence-electron chi connectivity index (χ3n) is 2.89. The summed E-state index contributed by atoms with van der Waals surface area (Å²) in [5.74, 6) is -0.0420. The number of carbonyl (C=O) groups excluding carboxylic acids is 1. The van der Waals surface area contributed by atoms with Gasteiger partial charge in [-0.2, -0.15) is 0 Å². The normalized spacial score (nSPS) is 12.4. The van der Waals surface area contributed by atoms with E-state index in [2.05, 4.69) is 5.32 Å². The van der Waals surface area contributed by atoms with Crippen LogP contribution in [0.2, 0.25) is 10.0 Å². The van der Waals surface area contributed by atoms with Crippen molar-refractivity contribution in [1.82, 2.24) is 5.32 Å². The average molecular weight is 304 g/mol. The van der Waals surface area contributed by atoms with E-state index in [9.17, 15) is 4.79 Å². The molecule has 1 unspecified atom stereocenters. The van der Waals surface area contributed by atoms with Crippen molar-refractivity contribution in [1.29, 1.82) is 0 Å². The molecule has 2 N–H and O–H groups in total. The van der Waals surface area contributed by atoms with Crippen LogP contribution in [0.3, 0.4) is 0 Å². The highest BCUT2D eigenvalue weighted by atomic mass is 35.5. The number of aliphatic hydroxyl groups excluding tert-OH is 1. The van der Waals surface area contributed by atoms with E-state index in [1.807, 2.05) is 6.92 Å². The van der Waals surface area contributed by atoms with Crippen molar-refractivity contribution in [3.8, 4) is 0 Å². The summed E-state index contributed by atoms with van der Waals surface area (Å²) in [5, 5.41) is 12.7. The van der Waals surface area contributed by atoms with Gasteiger partial charge >= 0.3 is 0 Å². The van der Waals surface area contributed by atoms with Gasteiger partial charge in [-0.25, -0.2) is 0 Å². The van der Waals surface area contributed by atoms with Gasteiger partial charge in [0.2, 0.25) is 0 Å². The Morgan fingerprint density at radius 2 is 2.11 bits per heavy atom. The first-order valence-corrected chi connectivity index (χ1v) is 7.16. The summed E-state index contributed by atoms with van der Waals surface area (Å²) in [6.45, 7) is 3.17. The molecule has 0 aliphatic carbocycles. The number of carbonyl (C=O) groups is 1. The average Bonchev–Trinajstić information content (AvgIpc) is 2.40. The highest BCUT2D eigenvalue weighted by Gasteiger charge is 2.19. The molecule has 106 valence electrons. The zero-order chi connectivity index (χ0) is 14.3. The van der Waals surface area contributed by atoms with E-state index in [1.165, 1.54) is 0 Å². The summed E-state index contributed by atoms with van der Waals surface area (Å²) in [5.41, 5.74) is 0.582. The summed E-state index contributed by atoms with van der Waals surface area (Å²) in [4.78, 5) is 12.4. The smallest absolute Gasteiger partial charge is 0.167 e. The van der Waals surface area contributed by atoms with Crippen LogP contribution in [-0.4, -0.2) is 30.6 Å². The standard InChI is InChI=1S/C14H19Cl2NO2/c1-2-3-11(9-17-6-7-18)14(19)10-4-5-12(15)13(16)8-10/h4-5,8,11,17-18H,2-3,6-7,9H2,1H3. The second-order valence-electron chi connectivity index (χ2n) is 4.41. The number of hydrogen-bond donors (Lipinski definition) is 2. The lowest BCUT2D eigenvalue weighted by molar-refractivity contribution is 0.0910. The highest BCUT2D eigenvalue weighted by molar-refractivity contribution is 6.42. The third-order valence-corrected chi connectivity index (χ3v) is 3.63. The van der Waals surface area contributed by atoms with Crippen LogP contribution in [0.1, 0.15) is 30.1 Å². The molecule has 1 atom stereocenters. The molecule has 0 amide bonds. The Labute approximate surface area is 123 Å². The minimum Gasteiger partial charge on any atom is -0.395 e. The Kier molecular flexibility index (Phi) is 7.39. The second kappa shape index (κ2) is 8.54. The van der Waals surface area contributed by atoms with Crippen molar-refractivity contribution >= 4 is 29.0 Å². The molecule has 1 rings (SSSR count). The first kappa shape index (κ1) is 16.4. The SMILES string of the molecule is CCCC(CNCCO)C(=O)c1ccc(Cl)c(Cl)c1. The van der Waals surface area contributed by atoms with Gasteiger partial charge < -0.3 is 10.4 Å². The van der Waals surface area contributed by atoms with Crippen LogP contribution in [0.25, 0.3) is 0 Å². The molecular formula is C14H19Cl2NO2. The summed E-state index contributed by atoms with van der Waals surface area (Å²) in [6, 6.07) is 4.95. The van der Waals surface area contributed by atoms with Gasteiger partial charge in [0.1, 0.15) is 0 Å². The molecule has 0 bridgehead atoms. The number of ketones is 1. The van der Waals surface area contributed by atoms with E-state index in [0.717, 1.165) is 12.8 Å². The van der Waals surface area contributed by atoms with Gasteiger partial charge in [-0.05, 0) is 24.6 Å². The molecule has 0 aliphatic rings. The zero-order valence-electron chi connectivity index (χ0n) is 11.0. The predicted molar refractivity (Wildman–Crippen MR) is 79.1 cm³/mol. The molecule has 1 aromatic carbocycles. The number of benzene rings is 1. The summed E-state index contributed by atoms with van der Waals surface area (Å²) in [6.07, 6.45) is 1.73. The van der Waals surface area contributed by atoms with Crippen molar-refractivity contribution in [2.24, 2.45) is 5.92 Å². The van der Waals surface area contributed by atoms with Crippen molar-refractivity contribution in [3.63, 3.8) is 0 Å². The number of Topliss-reactive ketones (excluding diaryl/α,β-unsaturated/α-hetero) is 1. The molecule has 0 saturated heterocycles. The Hall–Kier alpha value is -0.610. The van der Waals surface area contributed by atoms with Crippen LogP contribution >= 0.6 is 23.2 Å². The Bertz CT molecular complexity index is 424. The molecular weight excluding hydrogens is 285 g/mol. The number of hydrogen-bond acceptors (Lipinski definition) is 3. The van der Waals surface area contributed by atoms with E-state index < -0.39 is 0 Å². The second-order valence-corrected chi connectivity index (χ2v) is 5.22. The maximum absolute atomic E-state index is 12.4. The maximum atomic E-state index is 12.4. The molecule has 0 saturated carbocycles. The van der Waals surface area contributed by atoms with E-state index in [1.54, 1.807) is 18.2 Å². The van der Waals surface area contributed by atoms with Crippen LogP contribution in [0, 0.1) is 5.92 Å². The van der Waals surface area contributed by atoms with Gasteiger partial charge in [0.15, 0.2) is 5.78 Å². The van der Waals surface area contributed by atoms with Crippen LogP contribution < -0.4 is 5.32 Å². The lowest BCUT2D eigenvalue weighted by Gasteiger charge is -2.16. The first-order valence-electron chi connectivity index (χ1n) is 6.41. The van der Waals surface area contributed by atoms with E-state index in [4.69, 9.17) is 28.3 Å². The third kappa shape index (κ3) is 5.11. The highest BCUT2D eigenvalue weighted by Crippen LogP contribution is 2.24. The molecule has 0 fully saturated rings. The van der Waals surface area contributed by atoms with Crippen molar-refractivity contribution in [3.05, 3.63) is 33.8 Å². The molecule has 0 aliphatic heterocycles. The van der Waals surface area contributed by atoms with Crippen LogP contribution in [-0.2, 0) is 0 Å². The Balaban J connectivity index is 2.76. The Morgan fingerprint density at radius 3 is 2.68 bits per heavy atom. The zero-order valence-corrected chi connectivity index (χ0v) is 12.5. The fourth-order valence-electron chi connectivity index (χ4n) is 1.91. The summed E-state index contributed by atoms with van der Waals surface area (Å²) < 4.78 is 0. The van der Waals surface area contributed by atoms with E-state index in [-0.39, 0.29) is 18.3 Å². The topological polar surface area (TPSA) is 49.3 Å². The lowest BCUT2D eigenvalue weighted by atomic mass is 9.93. The van der Waals surface area contributed by atoms with Crippen LogP contribution in [0.5, 0.6) is 0 Å². The number of rotatable bonds is 8. The van der Waals surface area contributed by atoms with Gasteiger partial charge in [-0.3, -0.25) is 4.79 Å². The molecule has 19 heavy (non-hydrogen) atoms. The van der Waals surface area contributed by atoms with Gasteiger partial charge in [0.25, 0.3) is 0 Å². The van der Waals surface area contributed by atoms with E-state index in [0.29, 0.717) is 28.7 Å². The van der Waals surface area contributed by atoms with Gasteiger partial charge in [0.05, 0.1) is 16.7 Å². The maximum Gasteiger partial charge on any atom is 0.167 e. The minimum atomic E-state index is -0.103. The van der Waals surface area contributed by atoms with Gasteiger partial charge in [-0.15, -0.1) is 0 Å². The van der Waals surface area contributed by atoms with Crippen molar-refractivity contribution < 1.29 is 9.90 Å². The van der Waals surface area contributed by atoms with Crippen molar-refractivity contribution in [2.75, 3.05) is 19.7 Å². The minimum absolute atomic E-state index is 0.0610. The number of aliphatic hydroxyl groups is 1. The lowest BCUT2D eigenvalue weighted by Crippen LogP contribution is -2.30. The fourth-order valence-corrected chi connectivity index (χ4v) is 2.21. The predicted octanol–water partition coefficient (Wildman–Crippen LogP) is 3.17. The largest absolute Gasteiger partial charge is 0.395 e. The Morgan fingerprint density at radius 1 is 1.37 bits per heavy atom. The number of halogens is 2. The van der Waals surface area contributed by atoms with Crippen LogP contribution in [0.4, 0.5) is 0 Å². The molecule has 0 spiro atoms. The van der Waals surface area contributed by atoms with Gasteiger partial charge in [-0.1, -0.05) is 36.5 Å². The molecule has 0 aromatic heterocycles. The monoisotopic (exact) mass is 303 g/mol. The molecule has 5 heteroatoms. The molecule has 0 heterocycles. The fraction of sp³-hybridized carbons (Fsp3) is 0.500.